The molecule has 5 N–H and O–H groups in total. The highest BCUT2D eigenvalue weighted by Gasteiger charge is 2.41. The molecule has 0 aromatic carbocycles. The minimum absolute atomic E-state index is 0.386. The number of amides is 1. The molecule has 0 aromatic rings. The van der Waals surface area contributed by atoms with Gasteiger partial charge in [-0.3, -0.25) is 4.79 Å². The fourth-order valence-corrected chi connectivity index (χ4v) is 1.70. The molecule has 7 heteroatoms. The van der Waals surface area contributed by atoms with Crippen molar-refractivity contribution in [3.8, 4) is 0 Å². The average molecular weight is 231 g/mol. The van der Waals surface area contributed by atoms with Crippen LogP contribution in [0.1, 0.15) is 6.42 Å². The third-order valence-corrected chi connectivity index (χ3v) is 2.73. The van der Waals surface area contributed by atoms with Crippen molar-refractivity contribution in [2.24, 2.45) is 5.73 Å². The molecule has 16 heavy (non-hydrogen) atoms. The largest absolute Gasteiger partial charge is 0.480 e. The van der Waals surface area contributed by atoms with Gasteiger partial charge in [0, 0.05) is 13.1 Å². The second kappa shape index (κ2) is 4.77. The Morgan fingerprint density at radius 3 is 2.62 bits per heavy atom. The quantitative estimate of drug-likeness (QED) is 0.428. The monoisotopic (exact) mass is 231 g/mol. The lowest BCUT2D eigenvalue weighted by Gasteiger charge is -2.24. The van der Waals surface area contributed by atoms with E-state index in [1.54, 1.807) is 0 Å². The van der Waals surface area contributed by atoms with Crippen LogP contribution in [0.15, 0.2) is 0 Å². The Labute approximate surface area is 93.2 Å². The van der Waals surface area contributed by atoms with Crippen LogP contribution in [-0.4, -0.2) is 65.3 Å². The molecule has 1 unspecified atom stereocenters. The third-order valence-electron chi connectivity index (χ3n) is 2.73. The van der Waals surface area contributed by atoms with Gasteiger partial charge in [0.1, 0.15) is 11.6 Å². The molecular formula is C9H17N3O4. The molecule has 1 fully saturated rings. The Balaban J connectivity index is 2.61. The summed E-state index contributed by atoms with van der Waals surface area (Å²) in [6.07, 6.45) is 0.479. The lowest BCUT2D eigenvalue weighted by molar-refractivity contribution is -0.143. The summed E-state index contributed by atoms with van der Waals surface area (Å²) in [5.41, 5.74) is 4.81. The summed E-state index contributed by atoms with van der Waals surface area (Å²) in [7, 11) is 1.84. The zero-order valence-corrected chi connectivity index (χ0v) is 9.14. The summed E-state index contributed by atoms with van der Waals surface area (Å²) in [5, 5.41) is 19.7. The van der Waals surface area contributed by atoms with Crippen molar-refractivity contribution in [1.29, 1.82) is 0 Å². The Bertz CT molecular complexity index is 296. The molecule has 0 radical (unpaired) electrons. The molecule has 1 heterocycles. The Hall–Kier alpha value is -1.18. The van der Waals surface area contributed by atoms with E-state index in [1.165, 1.54) is 0 Å². The first-order valence-corrected chi connectivity index (χ1v) is 5.01. The van der Waals surface area contributed by atoms with Crippen LogP contribution in [0.25, 0.3) is 0 Å². The molecular weight excluding hydrogens is 214 g/mol. The van der Waals surface area contributed by atoms with E-state index in [0.29, 0.717) is 19.5 Å². The van der Waals surface area contributed by atoms with E-state index in [-0.39, 0.29) is 0 Å². The SMILES string of the molecule is CN1CCC(N)(C(=O)N[C@H](CO)C(=O)O)C1. The van der Waals surface area contributed by atoms with Gasteiger partial charge in [-0.1, -0.05) is 0 Å². The number of carbonyl (C=O) groups excluding carboxylic acids is 1. The highest BCUT2D eigenvalue weighted by Crippen LogP contribution is 2.17. The smallest absolute Gasteiger partial charge is 0.328 e. The van der Waals surface area contributed by atoms with Crippen molar-refractivity contribution in [3.63, 3.8) is 0 Å². The molecule has 0 aliphatic carbocycles. The maximum absolute atomic E-state index is 11.7. The molecule has 0 spiro atoms. The first kappa shape index (κ1) is 12.9. The maximum atomic E-state index is 11.7. The van der Waals surface area contributed by atoms with E-state index in [4.69, 9.17) is 15.9 Å². The van der Waals surface area contributed by atoms with E-state index in [0.717, 1.165) is 0 Å². The van der Waals surface area contributed by atoms with Gasteiger partial charge in [0.25, 0.3) is 0 Å². The fraction of sp³-hybridized carbons (Fsp3) is 0.778. The van der Waals surface area contributed by atoms with Gasteiger partial charge in [0.15, 0.2) is 0 Å². The number of rotatable bonds is 4. The number of aliphatic hydroxyl groups is 1. The Morgan fingerprint density at radius 1 is 1.62 bits per heavy atom. The number of aliphatic carboxylic acids is 1. The number of carboxylic acid groups (broad SMARTS) is 1. The van der Waals surface area contributed by atoms with Gasteiger partial charge in [-0.05, 0) is 13.5 Å². The number of hydrogen-bond donors (Lipinski definition) is 4. The number of carboxylic acids is 1. The van der Waals surface area contributed by atoms with Crippen LogP contribution < -0.4 is 11.1 Å². The first-order chi connectivity index (χ1) is 7.39. The summed E-state index contributed by atoms with van der Waals surface area (Å²) < 4.78 is 0. The van der Waals surface area contributed by atoms with Crippen molar-refractivity contribution in [1.82, 2.24) is 10.2 Å². The molecule has 1 saturated heterocycles. The summed E-state index contributed by atoms with van der Waals surface area (Å²) in [6.45, 7) is 0.435. The lowest BCUT2D eigenvalue weighted by atomic mass is 9.98. The molecule has 1 rings (SSSR count). The number of likely N-dealkylation sites (N-methyl/N-ethyl adjacent to an activating group) is 1. The van der Waals surface area contributed by atoms with Gasteiger partial charge < -0.3 is 26.2 Å². The molecule has 0 saturated carbocycles. The zero-order valence-electron chi connectivity index (χ0n) is 9.14. The van der Waals surface area contributed by atoms with Crippen molar-refractivity contribution < 1.29 is 19.8 Å². The maximum Gasteiger partial charge on any atom is 0.328 e. The Morgan fingerprint density at radius 2 is 2.25 bits per heavy atom. The molecule has 2 atom stereocenters. The van der Waals surface area contributed by atoms with Crippen LogP contribution in [0.5, 0.6) is 0 Å². The van der Waals surface area contributed by atoms with E-state index in [2.05, 4.69) is 5.32 Å². The zero-order chi connectivity index (χ0) is 12.3. The van der Waals surface area contributed by atoms with Gasteiger partial charge >= 0.3 is 5.97 Å². The standard InChI is InChI=1S/C9H17N3O4/c1-12-3-2-9(10,5-12)8(16)11-6(4-13)7(14)15/h6,13H,2-5,10H2,1H3,(H,11,16)(H,14,15)/t6-,9?/m1/s1. The van der Waals surface area contributed by atoms with Crippen LogP contribution in [0, 0.1) is 0 Å². The molecule has 1 amide bonds. The minimum atomic E-state index is -1.29. The average Bonchev–Trinajstić information content (AvgIpc) is 2.55. The van der Waals surface area contributed by atoms with Gasteiger partial charge in [-0.15, -0.1) is 0 Å². The highest BCUT2D eigenvalue weighted by molar-refractivity contribution is 5.90. The van der Waals surface area contributed by atoms with Crippen molar-refractivity contribution >= 4 is 11.9 Å². The topological polar surface area (TPSA) is 116 Å². The van der Waals surface area contributed by atoms with Gasteiger partial charge in [0.2, 0.25) is 5.91 Å². The predicted octanol–water partition coefficient (Wildman–Crippen LogP) is -2.42. The number of aliphatic hydroxyl groups excluding tert-OH is 1. The number of hydrogen-bond acceptors (Lipinski definition) is 5. The van der Waals surface area contributed by atoms with Gasteiger partial charge in [-0.2, -0.15) is 0 Å². The summed E-state index contributed by atoms with van der Waals surface area (Å²) in [4.78, 5) is 24.3. The third kappa shape index (κ3) is 2.69. The highest BCUT2D eigenvalue weighted by atomic mass is 16.4. The molecule has 92 valence electrons. The number of likely N-dealkylation sites (tertiary alicyclic amines) is 1. The second-order valence-electron chi connectivity index (χ2n) is 4.19. The van der Waals surface area contributed by atoms with Crippen LogP contribution in [0.4, 0.5) is 0 Å². The number of nitrogens with one attached hydrogen (secondary N) is 1. The van der Waals surface area contributed by atoms with E-state index >= 15 is 0 Å². The van der Waals surface area contributed by atoms with Crippen LogP contribution >= 0.6 is 0 Å². The van der Waals surface area contributed by atoms with Gasteiger partial charge in [-0.25, -0.2) is 4.79 Å². The number of nitrogens with zero attached hydrogens (tertiary/aromatic N) is 1. The van der Waals surface area contributed by atoms with Crippen LogP contribution in [-0.2, 0) is 9.59 Å². The predicted molar refractivity (Wildman–Crippen MR) is 55.7 cm³/mol. The fourth-order valence-electron chi connectivity index (χ4n) is 1.70. The molecule has 1 aliphatic rings. The van der Waals surface area contributed by atoms with E-state index in [1.807, 2.05) is 11.9 Å². The molecule has 7 nitrogen and oxygen atoms in total. The number of carbonyl (C=O) groups is 2. The van der Waals surface area contributed by atoms with Crippen molar-refractivity contribution in [3.05, 3.63) is 0 Å². The van der Waals surface area contributed by atoms with E-state index < -0.39 is 30.1 Å². The molecule has 0 aromatic heterocycles. The first-order valence-electron chi connectivity index (χ1n) is 5.01. The Kier molecular flexibility index (Phi) is 3.84. The molecule has 1 aliphatic heterocycles. The summed E-state index contributed by atoms with van der Waals surface area (Å²) >= 11 is 0. The summed E-state index contributed by atoms with van der Waals surface area (Å²) in [6, 6.07) is -1.29. The summed E-state index contributed by atoms with van der Waals surface area (Å²) in [5.74, 6) is -1.80. The van der Waals surface area contributed by atoms with Crippen LogP contribution in [0.2, 0.25) is 0 Å². The minimum Gasteiger partial charge on any atom is -0.480 e. The van der Waals surface area contributed by atoms with E-state index in [9.17, 15) is 9.59 Å². The lowest BCUT2D eigenvalue weighted by Crippen LogP contribution is -2.59. The normalized spacial score (nSPS) is 27.7. The van der Waals surface area contributed by atoms with Gasteiger partial charge in [0.05, 0.1) is 6.61 Å². The number of nitrogens with two attached hydrogens (primary N) is 1. The van der Waals surface area contributed by atoms with Crippen molar-refractivity contribution in [2.45, 2.75) is 18.0 Å². The van der Waals surface area contributed by atoms with Crippen LogP contribution in [0.3, 0.4) is 0 Å². The second-order valence-corrected chi connectivity index (χ2v) is 4.19. The van der Waals surface area contributed by atoms with Crippen molar-refractivity contribution in [2.75, 3.05) is 26.7 Å². The molecule has 0 bridgehead atoms.